The van der Waals surface area contributed by atoms with Crippen LogP contribution in [0.5, 0.6) is 5.75 Å². The zero-order valence-electron chi connectivity index (χ0n) is 13.1. The maximum Gasteiger partial charge on any atom is 0.119 e. The third-order valence-electron chi connectivity index (χ3n) is 3.23. The molecule has 0 aliphatic carbocycles. The first-order valence-electron chi connectivity index (χ1n) is 7.50. The molecule has 1 atom stereocenters. The number of ether oxygens (including phenoxy) is 1. The van der Waals surface area contributed by atoms with Crippen LogP contribution in [0.4, 0.5) is 0 Å². The van der Waals surface area contributed by atoms with Gasteiger partial charge in [0.1, 0.15) is 11.9 Å². The molecule has 108 valence electrons. The highest BCUT2D eigenvalue weighted by molar-refractivity contribution is 5.29. The highest BCUT2D eigenvalue weighted by atomic mass is 16.5. The predicted molar refractivity (Wildman–Crippen MR) is 82.9 cm³/mol. The molecule has 0 aliphatic heterocycles. The minimum atomic E-state index is 0.253. The molecule has 0 amide bonds. The molecule has 0 radical (unpaired) electrons. The van der Waals surface area contributed by atoms with Gasteiger partial charge in [-0.1, -0.05) is 46.8 Å². The summed E-state index contributed by atoms with van der Waals surface area (Å²) < 4.78 is 6.02. The second-order valence-electron chi connectivity index (χ2n) is 5.92. The molecule has 0 bridgehead atoms. The molecule has 1 rings (SSSR count). The molecule has 2 heteroatoms. The summed E-state index contributed by atoms with van der Waals surface area (Å²) in [5.41, 5.74) is 1.36. The van der Waals surface area contributed by atoms with Crippen molar-refractivity contribution in [3.63, 3.8) is 0 Å². The zero-order chi connectivity index (χ0) is 14.3. The summed E-state index contributed by atoms with van der Waals surface area (Å²) in [5.74, 6) is 2.23. The SMILES string of the molecule is CCC(CNCC(C)C)Oc1ccc(C(C)C)cc1. The number of benzene rings is 1. The maximum atomic E-state index is 6.02. The molecule has 0 aromatic heterocycles. The number of nitrogens with one attached hydrogen (secondary N) is 1. The van der Waals surface area contributed by atoms with Crippen LogP contribution in [0.2, 0.25) is 0 Å². The third kappa shape index (κ3) is 6.11. The Balaban J connectivity index is 2.46. The van der Waals surface area contributed by atoms with Crippen molar-refractivity contribution in [2.24, 2.45) is 5.92 Å². The Morgan fingerprint density at radius 2 is 1.63 bits per heavy atom. The average molecular weight is 263 g/mol. The van der Waals surface area contributed by atoms with Crippen LogP contribution >= 0.6 is 0 Å². The molecule has 1 aromatic carbocycles. The minimum absolute atomic E-state index is 0.253. The summed E-state index contributed by atoms with van der Waals surface area (Å²) in [7, 11) is 0. The van der Waals surface area contributed by atoms with E-state index in [9.17, 15) is 0 Å². The summed E-state index contributed by atoms with van der Waals surface area (Å²) in [6.45, 7) is 13.0. The predicted octanol–water partition coefficient (Wildman–Crippen LogP) is 4.21. The van der Waals surface area contributed by atoms with Crippen molar-refractivity contribution in [2.75, 3.05) is 13.1 Å². The third-order valence-corrected chi connectivity index (χ3v) is 3.23. The maximum absolute atomic E-state index is 6.02. The van der Waals surface area contributed by atoms with E-state index in [0.29, 0.717) is 11.8 Å². The lowest BCUT2D eigenvalue weighted by molar-refractivity contribution is 0.192. The van der Waals surface area contributed by atoms with Gasteiger partial charge in [0.2, 0.25) is 0 Å². The first kappa shape index (κ1) is 16.0. The number of rotatable bonds is 8. The molecular formula is C17H29NO. The van der Waals surface area contributed by atoms with Crippen molar-refractivity contribution in [3.05, 3.63) is 29.8 Å². The van der Waals surface area contributed by atoms with Crippen LogP contribution < -0.4 is 10.1 Å². The van der Waals surface area contributed by atoms with Gasteiger partial charge in [0.25, 0.3) is 0 Å². The van der Waals surface area contributed by atoms with Crippen molar-refractivity contribution < 1.29 is 4.74 Å². The Labute approximate surface area is 118 Å². The van der Waals surface area contributed by atoms with Gasteiger partial charge in [-0.3, -0.25) is 0 Å². The van der Waals surface area contributed by atoms with Crippen molar-refractivity contribution in [3.8, 4) is 5.75 Å². The van der Waals surface area contributed by atoms with Crippen molar-refractivity contribution in [1.29, 1.82) is 0 Å². The average Bonchev–Trinajstić information content (AvgIpc) is 2.37. The smallest absolute Gasteiger partial charge is 0.119 e. The fourth-order valence-electron chi connectivity index (χ4n) is 1.93. The molecule has 0 spiro atoms. The first-order chi connectivity index (χ1) is 9.02. The van der Waals surface area contributed by atoms with Crippen LogP contribution in [-0.2, 0) is 0 Å². The lowest BCUT2D eigenvalue weighted by atomic mass is 10.0. The fourth-order valence-corrected chi connectivity index (χ4v) is 1.93. The van der Waals surface area contributed by atoms with Crippen LogP contribution in [0.15, 0.2) is 24.3 Å². The van der Waals surface area contributed by atoms with Crippen molar-refractivity contribution >= 4 is 0 Å². The van der Waals surface area contributed by atoms with Crippen molar-refractivity contribution in [1.82, 2.24) is 5.32 Å². The number of hydrogen-bond donors (Lipinski definition) is 1. The van der Waals surface area contributed by atoms with Crippen LogP contribution in [-0.4, -0.2) is 19.2 Å². The van der Waals surface area contributed by atoms with E-state index in [1.165, 1.54) is 5.56 Å². The summed E-state index contributed by atoms with van der Waals surface area (Å²) in [6, 6.07) is 8.49. The largest absolute Gasteiger partial charge is 0.489 e. The van der Waals surface area contributed by atoms with E-state index in [4.69, 9.17) is 4.74 Å². The van der Waals surface area contributed by atoms with Crippen LogP contribution in [0.3, 0.4) is 0 Å². The van der Waals surface area contributed by atoms with Gasteiger partial charge in [0.05, 0.1) is 0 Å². The van der Waals surface area contributed by atoms with Crippen LogP contribution in [0, 0.1) is 5.92 Å². The highest BCUT2D eigenvalue weighted by Crippen LogP contribution is 2.19. The number of hydrogen-bond acceptors (Lipinski definition) is 2. The molecule has 0 heterocycles. The standard InChI is InChI=1S/C17H29NO/c1-6-16(12-18-11-13(2)3)19-17-9-7-15(8-10-17)14(4)5/h7-10,13-14,16,18H,6,11-12H2,1-5H3. The van der Waals surface area contributed by atoms with E-state index in [1.54, 1.807) is 0 Å². The van der Waals surface area contributed by atoms with Gasteiger partial charge in [-0.05, 0) is 42.5 Å². The summed E-state index contributed by atoms with van der Waals surface area (Å²) in [6.07, 6.45) is 1.28. The molecule has 0 fully saturated rings. The molecular weight excluding hydrogens is 234 g/mol. The Bertz CT molecular complexity index is 343. The van der Waals surface area contributed by atoms with Crippen LogP contribution in [0.25, 0.3) is 0 Å². The molecule has 1 N–H and O–H groups in total. The Morgan fingerprint density at radius 1 is 1.00 bits per heavy atom. The van der Waals surface area contributed by atoms with E-state index < -0.39 is 0 Å². The van der Waals surface area contributed by atoms with Gasteiger partial charge in [-0.2, -0.15) is 0 Å². The van der Waals surface area contributed by atoms with Gasteiger partial charge >= 0.3 is 0 Å². The molecule has 0 aliphatic rings. The zero-order valence-corrected chi connectivity index (χ0v) is 13.1. The van der Waals surface area contributed by atoms with E-state index >= 15 is 0 Å². The molecule has 1 unspecified atom stereocenters. The van der Waals surface area contributed by atoms with Crippen molar-refractivity contribution in [2.45, 2.75) is 53.1 Å². The molecule has 19 heavy (non-hydrogen) atoms. The van der Waals surface area contributed by atoms with E-state index in [-0.39, 0.29) is 6.10 Å². The lowest BCUT2D eigenvalue weighted by Crippen LogP contribution is -2.33. The Morgan fingerprint density at radius 3 is 2.11 bits per heavy atom. The van der Waals surface area contributed by atoms with Gasteiger partial charge < -0.3 is 10.1 Å². The van der Waals surface area contributed by atoms with E-state index in [2.05, 4.69) is 64.2 Å². The fraction of sp³-hybridized carbons (Fsp3) is 0.647. The van der Waals surface area contributed by atoms with Gasteiger partial charge in [-0.15, -0.1) is 0 Å². The van der Waals surface area contributed by atoms with Gasteiger partial charge in [-0.25, -0.2) is 0 Å². The van der Waals surface area contributed by atoms with E-state index in [0.717, 1.165) is 25.3 Å². The normalized spacial score (nSPS) is 13.0. The second kappa shape index (κ2) is 8.21. The lowest BCUT2D eigenvalue weighted by Gasteiger charge is -2.19. The summed E-state index contributed by atoms with van der Waals surface area (Å²) in [5, 5.41) is 3.46. The Hall–Kier alpha value is -1.02. The summed E-state index contributed by atoms with van der Waals surface area (Å²) >= 11 is 0. The van der Waals surface area contributed by atoms with Gasteiger partial charge in [0.15, 0.2) is 0 Å². The van der Waals surface area contributed by atoms with E-state index in [1.807, 2.05) is 0 Å². The second-order valence-corrected chi connectivity index (χ2v) is 5.92. The first-order valence-corrected chi connectivity index (χ1v) is 7.50. The quantitative estimate of drug-likeness (QED) is 0.758. The minimum Gasteiger partial charge on any atom is -0.489 e. The highest BCUT2D eigenvalue weighted by Gasteiger charge is 2.08. The Kier molecular flexibility index (Phi) is 6.93. The molecule has 1 aromatic rings. The van der Waals surface area contributed by atoms with Gasteiger partial charge in [0, 0.05) is 6.54 Å². The summed E-state index contributed by atoms with van der Waals surface area (Å²) in [4.78, 5) is 0. The molecule has 0 saturated heterocycles. The van der Waals surface area contributed by atoms with Crippen LogP contribution in [0.1, 0.15) is 52.5 Å². The monoisotopic (exact) mass is 263 g/mol. The molecule has 0 saturated carbocycles. The molecule has 2 nitrogen and oxygen atoms in total. The topological polar surface area (TPSA) is 21.3 Å².